The average molecular weight is 404 g/mol. The summed E-state index contributed by atoms with van der Waals surface area (Å²) in [4.78, 5) is 36.7. The van der Waals surface area contributed by atoms with Crippen molar-refractivity contribution in [3.8, 4) is 0 Å². The fourth-order valence-electron chi connectivity index (χ4n) is 2.74. The lowest BCUT2D eigenvalue weighted by Crippen LogP contribution is -2.50. The van der Waals surface area contributed by atoms with Gasteiger partial charge in [-0.25, -0.2) is 18.4 Å². The van der Waals surface area contributed by atoms with Gasteiger partial charge in [0.25, 0.3) is 5.91 Å². The van der Waals surface area contributed by atoms with Crippen LogP contribution in [-0.4, -0.2) is 54.8 Å². The van der Waals surface area contributed by atoms with Crippen molar-refractivity contribution in [3.63, 3.8) is 0 Å². The normalized spacial score (nSPS) is 18.4. The van der Waals surface area contributed by atoms with E-state index in [9.17, 15) is 22.8 Å². The van der Waals surface area contributed by atoms with E-state index in [1.54, 1.807) is 0 Å². The molecule has 142 valence electrons. The number of hydrogen-bond acceptors (Lipinski definition) is 5. The van der Waals surface area contributed by atoms with E-state index in [4.69, 9.17) is 21.8 Å². The van der Waals surface area contributed by atoms with Gasteiger partial charge in [0.2, 0.25) is 15.9 Å². The Kier molecular flexibility index (Phi) is 5.89. The molecule has 1 aliphatic heterocycles. The van der Waals surface area contributed by atoms with Crippen molar-refractivity contribution >= 4 is 39.4 Å². The Morgan fingerprint density at radius 2 is 2.04 bits per heavy atom. The Morgan fingerprint density at radius 1 is 1.38 bits per heavy atom. The predicted octanol–water partition coefficient (Wildman–Crippen LogP) is 0.181. The summed E-state index contributed by atoms with van der Waals surface area (Å²) in [5, 5.41) is 16.5. The first-order valence-corrected chi connectivity index (χ1v) is 9.61. The van der Waals surface area contributed by atoms with E-state index in [1.807, 2.05) is 0 Å². The van der Waals surface area contributed by atoms with Gasteiger partial charge in [0.15, 0.2) is 0 Å². The Balaban J connectivity index is 2.14. The standard InChI is InChI=1S/C15H18ClN3O6S/c1-8(14(21)19-6-2-3-11(19)15(22)23)18-13(20)9-4-5-10(16)12(7-9)26(17,24)25/h4-5,7-8,11H,2-3,6H2,1H3,(H,18,20)(H,22,23)(H2,17,24,25)/t8-,11-/m0/s1. The van der Waals surface area contributed by atoms with Gasteiger partial charge in [-0.05, 0) is 38.0 Å². The van der Waals surface area contributed by atoms with Crippen molar-refractivity contribution in [1.29, 1.82) is 0 Å². The molecular weight excluding hydrogens is 386 g/mol. The largest absolute Gasteiger partial charge is 0.480 e. The lowest BCUT2D eigenvalue weighted by Gasteiger charge is -2.25. The highest BCUT2D eigenvalue weighted by molar-refractivity contribution is 7.89. The summed E-state index contributed by atoms with van der Waals surface area (Å²) in [7, 11) is -4.12. The van der Waals surface area contributed by atoms with Gasteiger partial charge < -0.3 is 15.3 Å². The molecule has 11 heteroatoms. The van der Waals surface area contributed by atoms with E-state index in [-0.39, 0.29) is 10.6 Å². The fourth-order valence-corrected chi connectivity index (χ4v) is 3.81. The molecule has 2 amide bonds. The predicted molar refractivity (Wildman–Crippen MR) is 92.1 cm³/mol. The number of nitrogens with zero attached hydrogens (tertiary/aromatic N) is 1. The molecule has 0 bridgehead atoms. The van der Waals surface area contributed by atoms with Crippen molar-refractivity contribution in [2.45, 2.75) is 36.7 Å². The molecule has 1 saturated heterocycles. The maximum absolute atomic E-state index is 12.4. The number of carbonyl (C=O) groups is 3. The molecule has 26 heavy (non-hydrogen) atoms. The number of primary sulfonamides is 1. The molecule has 0 aliphatic carbocycles. The summed E-state index contributed by atoms with van der Waals surface area (Å²) in [6.07, 6.45) is 0.926. The van der Waals surface area contributed by atoms with Gasteiger partial charge in [-0.1, -0.05) is 11.6 Å². The number of halogens is 1. The van der Waals surface area contributed by atoms with Crippen LogP contribution in [0.15, 0.2) is 23.1 Å². The van der Waals surface area contributed by atoms with Crippen LogP contribution in [0.3, 0.4) is 0 Å². The highest BCUT2D eigenvalue weighted by atomic mass is 35.5. The summed E-state index contributed by atoms with van der Waals surface area (Å²) in [6.45, 7) is 1.72. The average Bonchev–Trinajstić information content (AvgIpc) is 3.03. The van der Waals surface area contributed by atoms with E-state index in [0.717, 1.165) is 6.07 Å². The highest BCUT2D eigenvalue weighted by Gasteiger charge is 2.36. The van der Waals surface area contributed by atoms with Gasteiger partial charge in [0.05, 0.1) is 5.02 Å². The molecule has 0 unspecified atom stereocenters. The van der Waals surface area contributed by atoms with E-state index < -0.39 is 44.8 Å². The van der Waals surface area contributed by atoms with Crippen LogP contribution >= 0.6 is 11.6 Å². The molecule has 0 saturated carbocycles. The zero-order valence-corrected chi connectivity index (χ0v) is 15.4. The van der Waals surface area contributed by atoms with Crippen molar-refractivity contribution in [3.05, 3.63) is 28.8 Å². The first-order chi connectivity index (χ1) is 12.0. The number of aliphatic carboxylic acids is 1. The maximum Gasteiger partial charge on any atom is 0.326 e. The van der Waals surface area contributed by atoms with Gasteiger partial charge in [-0.3, -0.25) is 9.59 Å². The highest BCUT2D eigenvalue weighted by Crippen LogP contribution is 2.22. The smallest absolute Gasteiger partial charge is 0.326 e. The number of rotatable bonds is 5. The van der Waals surface area contributed by atoms with Crippen molar-refractivity contribution in [1.82, 2.24) is 10.2 Å². The van der Waals surface area contributed by atoms with Crippen LogP contribution < -0.4 is 10.5 Å². The van der Waals surface area contributed by atoms with Crippen molar-refractivity contribution < 1.29 is 27.9 Å². The monoisotopic (exact) mass is 403 g/mol. The molecule has 0 spiro atoms. The minimum atomic E-state index is -4.12. The molecule has 0 radical (unpaired) electrons. The van der Waals surface area contributed by atoms with Gasteiger partial charge in [-0.15, -0.1) is 0 Å². The van der Waals surface area contributed by atoms with E-state index in [2.05, 4.69) is 5.32 Å². The zero-order chi connectivity index (χ0) is 19.6. The second-order valence-corrected chi connectivity index (χ2v) is 7.85. The number of nitrogens with two attached hydrogens (primary N) is 1. The number of hydrogen-bond donors (Lipinski definition) is 3. The molecular formula is C15H18ClN3O6S. The summed E-state index contributed by atoms with van der Waals surface area (Å²) in [5.41, 5.74) is -0.0470. The minimum absolute atomic E-state index is 0.0470. The van der Waals surface area contributed by atoms with Crippen LogP contribution in [0.4, 0.5) is 0 Å². The third-order valence-corrected chi connectivity index (χ3v) is 5.43. The van der Waals surface area contributed by atoms with Crippen LogP contribution in [0.25, 0.3) is 0 Å². The molecule has 1 fully saturated rings. The van der Waals surface area contributed by atoms with E-state index in [0.29, 0.717) is 19.4 Å². The first-order valence-electron chi connectivity index (χ1n) is 7.69. The number of likely N-dealkylation sites (tertiary alicyclic amines) is 1. The fraction of sp³-hybridized carbons (Fsp3) is 0.400. The van der Waals surface area contributed by atoms with Gasteiger partial charge in [0.1, 0.15) is 17.0 Å². The number of amides is 2. The Bertz CT molecular complexity index is 857. The lowest BCUT2D eigenvalue weighted by molar-refractivity contribution is -0.148. The lowest BCUT2D eigenvalue weighted by atomic mass is 10.1. The van der Waals surface area contributed by atoms with Gasteiger partial charge in [-0.2, -0.15) is 0 Å². The minimum Gasteiger partial charge on any atom is -0.480 e. The quantitative estimate of drug-likeness (QED) is 0.639. The Morgan fingerprint density at radius 3 is 2.62 bits per heavy atom. The number of sulfonamides is 1. The van der Waals surface area contributed by atoms with Gasteiger partial charge in [0, 0.05) is 12.1 Å². The Hall–Kier alpha value is -2.17. The summed E-state index contributed by atoms with van der Waals surface area (Å²) >= 11 is 5.77. The number of carbonyl (C=O) groups excluding carboxylic acids is 2. The molecule has 4 N–H and O–H groups in total. The van der Waals surface area contributed by atoms with Crippen molar-refractivity contribution in [2.24, 2.45) is 5.14 Å². The molecule has 1 aromatic carbocycles. The van der Waals surface area contributed by atoms with E-state index >= 15 is 0 Å². The molecule has 1 heterocycles. The number of benzene rings is 1. The molecule has 2 atom stereocenters. The van der Waals surface area contributed by atoms with Crippen LogP contribution in [-0.2, 0) is 19.6 Å². The van der Waals surface area contributed by atoms with Crippen LogP contribution in [0.5, 0.6) is 0 Å². The number of carboxylic acids is 1. The molecule has 9 nitrogen and oxygen atoms in total. The summed E-state index contributed by atoms with van der Waals surface area (Å²) in [6, 6.07) is 1.62. The number of carboxylic acid groups (broad SMARTS) is 1. The number of nitrogens with one attached hydrogen (secondary N) is 1. The van der Waals surface area contributed by atoms with Crippen molar-refractivity contribution in [2.75, 3.05) is 6.54 Å². The van der Waals surface area contributed by atoms with Crippen LogP contribution in [0, 0.1) is 0 Å². The molecule has 1 aromatic rings. The van der Waals surface area contributed by atoms with Crippen LogP contribution in [0.1, 0.15) is 30.1 Å². The maximum atomic E-state index is 12.4. The molecule has 1 aliphatic rings. The topological polar surface area (TPSA) is 147 Å². The SMILES string of the molecule is C[C@H](NC(=O)c1ccc(Cl)c(S(N)(=O)=O)c1)C(=O)N1CCC[C@H]1C(=O)O. The second kappa shape index (κ2) is 7.60. The van der Waals surface area contributed by atoms with Gasteiger partial charge >= 0.3 is 5.97 Å². The third-order valence-electron chi connectivity index (χ3n) is 4.04. The first kappa shape index (κ1) is 20.1. The second-order valence-electron chi connectivity index (χ2n) is 5.91. The zero-order valence-electron chi connectivity index (χ0n) is 13.8. The van der Waals surface area contributed by atoms with E-state index in [1.165, 1.54) is 24.0 Å². The summed E-state index contributed by atoms with van der Waals surface area (Å²) in [5.74, 6) is -2.33. The molecule has 2 rings (SSSR count). The van der Waals surface area contributed by atoms with Crippen LogP contribution in [0.2, 0.25) is 5.02 Å². The summed E-state index contributed by atoms with van der Waals surface area (Å²) < 4.78 is 23.0. The third kappa shape index (κ3) is 4.32. The Labute approximate surface area is 155 Å². The molecule has 0 aromatic heterocycles.